The molecule has 0 amide bonds. The fourth-order valence-electron chi connectivity index (χ4n) is 1.96. The Balaban J connectivity index is 1.76. The molecule has 0 aliphatic heterocycles. The molecule has 3 rings (SSSR count). The normalized spacial score (nSPS) is 10.8. The summed E-state index contributed by atoms with van der Waals surface area (Å²) in [4.78, 5) is 0. The van der Waals surface area contributed by atoms with E-state index in [2.05, 4.69) is 0 Å². The number of hydrogen-bond acceptors (Lipinski definition) is 3. The molecular weight excluding hydrogens is 238 g/mol. The Morgan fingerprint density at radius 1 is 1.05 bits per heavy atom. The second-order valence-corrected chi connectivity index (χ2v) is 4.61. The zero-order valence-corrected chi connectivity index (χ0v) is 10.7. The fraction of sp³-hybridized carbons (Fsp3) is 0.125. The van der Waals surface area contributed by atoms with E-state index in [4.69, 9.17) is 14.9 Å². The number of benzene rings is 2. The first-order chi connectivity index (χ1) is 9.20. The van der Waals surface area contributed by atoms with Crippen LogP contribution < -0.4 is 10.5 Å². The summed E-state index contributed by atoms with van der Waals surface area (Å²) in [5.74, 6) is 1.63. The standard InChI is InChI=1S/C16H15NO2/c1-11-2-6-14(7-3-11)18-10-15-8-12-4-5-13(17)9-16(12)19-15/h2-9H,10,17H2,1H3. The van der Waals surface area contributed by atoms with Crippen molar-refractivity contribution in [2.75, 3.05) is 5.73 Å². The summed E-state index contributed by atoms with van der Waals surface area (Å²) in [5, 5.41) is 1.04. The van der Waals surface area contributed by atoms with Crippen LogP contribution in [0.15, 0.2) is 52.9 Å². The summed E-state index contributed by atoms with van der Waals surface area (Å²) in [5.41, 5.74) is 8.43. The maximum atomic E-state index is 5.72. The average Bonchev–Trinajstić information content (AvgIpc) is 2.80. The number of aryl methyl sites for hydroxylation is 1. The van der Waals surface area contributed by atoms with E-state index in [9.17, 15) is 0 Å². The van der Waals surface area contributed by atoms with Gasteiger partial charge in [0.05, 0.1) is 0 Å². The number of hydrogen-bond donors (Lipinski definition) is 1. The van der Waals surface area contributed by atoms with Gasteiger partial charge in [0, 0.05) is 17.1 Å². The lowest BCUT2D eigenvalue weighted by molar-refractivity contribution is 0.274. The fourth-order valence-corrected chi connectivity index (χ4v) is 1.96. The molecule has 3 nitrogen and oxygen atoms in total. The van der Waals surface area contributed by atoms with Gasteiger partial charge in [-0.1, -0.05) is 17.7 Å². The van der Waals surface area contributed by atoms with Crippen LogP contribution in [-0.4, -0.2) is 0 Å². The van der Waals surface area contributed by atoms with Gasteiger partial charge in [-0.3, -0.25) is 0 Å². The molecule has 0 bridgehead atoms. The quantitative estimate of drug-likeness (QED) is 0.720. The molecule has 0 radical (unpaired) electrons. The minimum atomic E-state index is 0.414. The second-order valence-electron chi connectivity index (χ2n) is 4.61. The highest BCUT2D eigenvalue weighted by molar-refractivity contribution is 5.81. The van der Waals surface area contributed by atoms with Gasteiger partial charge in [0.15, 0.2) is 0 Å². The summed E-state index contributed by atoms with van der Waals surface area (Å²) in [6.45, 7) is 2.46. The zero-order chi connectivity index (χ0) is 13.2. The van der Waals surface area contributed by atoms with Crippen LogP contribution >= 0.6 is 0 Å². The third kappa shape index (κ3) is 2.55. The molecule has 96 valence electrons. The van der Waals surface area contributed by atoms with Crippen molar-refractivity contribution >= 4 is 16.7 Å². The third-order valence-electron chi connectivity index (χ3n) is 3.00. The minimum Gasteiger partial charge on any atom is -0.486 e. The van der Waals surface area contributed by atoms with Crippen molar-refractivity contribution in [3.63, 3.8) is 0 Å². The van der Waals surface area contributed by atoms with Crippen LogP contribution in [0.1, 0.15) is 11.3 Å². The maximum Gasteiger partial charge on any atom is 0.146 e. The summed E-state index contributed by atoms with van der Waals surface area (Å²) in [6, 6.07) is 15.6. The molecule has 0 aliphatic carbocycles. The van der Waals surface area contributed by atoms with E-state index < -0.39 is 0 Å². The predicted octanol–water partition coefficient (Wildman–Crippen LogP) is 3.90. The summed E-state index contributed by atoms with van der Waals surface area (Å²) < 4.78 is 11.4. The SMILES string of the molecule is Cc1ccc(OCc2cc3ccc(N)cc3o2)cc1. The van der Waals surface area contributed by atoms with Gasteiger partial charge in [-0.2, -0.15) is 0 Å². The van der Waals surface area contributed by atoms with Crippen LogP contribution in [-0.2, 0) is 6.61 Å². The van der Waals surface area contributed by atoms with Gasteiger partial charge in [0.2, 0.25) is 0 Å². The maximum absolute atomic E-state index is 5.72. The molecular formula is C16H15NO2. The van der Waals surface area contributed by atoms with Crippen LogP contribution in [0.5, 0.6) is 5.75 Å². The minimum absolute atomic E-state index is 0.414. The first-order valence-electron chi connectivity index (χ1n) is 6.18. The van der Waals surface area contributed by atoms with Gasteiger partial charge in [-0.25, -0.2) is 0 Å². The molecule has 0 unspecified atom stereocenters. The van der Waals surface area contributed by atoms with Crippen molar-refractivity contribution in [3.8, 4) is 5.75 Å². The molecule has 1 heterocycles. The summed E-state index contributed by atoms with van der Waals surface area (Å²) in [6.07, 6.45) is 0. The molecule has 2 aromatic carbocycles. The molecule has 19 heavy (non-hydrogen) atoms. The van der Waals surface area contributed by atoms with Crippen molar-refractivity contribution in [1.29, 1.82) is 0 Å². The van der Waals surface area contributed by atoms with Gasteiger partial charge >= 0.3 is 0 Å². The average molecular weight is 253 g/mol. The molecule has 0 atom stereocenters. The lowest BCUT2D eigenvalue weighted by Crippen LogP contribution is -1.93. The molecule has 0 aliphatic rings. The number of fused-ring (bicyclic) bond motifs is 1. The molecule has 2 N–H and O–H groups in total. The molecule has 0 saturated heterocycles. The van der Waals surface area contributed by atoms with Crippen LogP contribution in [0.25, 0.3) is 11.0 Å². The lowest BCUT2D eigenvalue weighted by atomic mass is 10.2. The monoisotopic (exact) mass is 253 g/mol. The Labute approximate surface area is 111 Å². The third-order valence-corrected chi connectivity index (χ3v) is 3.00. The molecule has 0 saturated carbocycles. The van der Waals surface area contributed by atoms with Gasteiger partial charge in [0.1, 0.15) is 23.7 Å². The Morgan fingerprint density at radius 3 is 2.63 bits per heavy atom. The van der Waals surface area contributed by atoms with E-state index >= 15 is 0 Å². The van der Waals surface area contributed by atoms with Crippen molar-refractivity contribution in [2.45, 2.75) is 13.5 Å². The zero-order valence-electron chi connectivity index (χ0n) is 10.7. The second kappa shape index (κ2) is 4.69. The van der Waals surface area contributed by atoms with Gasteiger partial charge < -0.3 is 14.9 Å². The van der Waals surface area contributed by atoms with E-state index in [1.54, 1.807) is 0 Å². The highest BCUT2D eigenvalue weighted by atomic mass is 16.5. The Bertz CT molecular complexity index is 698. The van der Waals surface area contributed by atoms with E-state index in [-0.39, 0.29) is 0 Å². The Morgan fingerprint density at radius 2 is 1.84 bits per heavy atom. The van der Waals surface area contributed by atoms with Gasteiger partial charge in [0.25, 0.3) is 0 Å². The largest absolute Gasteiger partial charge is 0.486 e. The van der Waals surface area contributed by atoms with E-state index in [0.717, 1.165) is 22.5 Å². The van der Waals surface area contributed by atoms with E-state index in [1.165, 1.54) is 5.56 Å². The van der Waals surface area contributed by atoms with Crippen LogP contribution in [0.2, 0.25) is 0 Å². The molecule has 3 heteroatoms. The summed E-state index contributed by atoms with van der Waals surface area (Å²) in [7, 11) is 0. The molecule has 3 aromatic rings. The number of anilines is 1. The van der Waals surface area contributed by atoms with E-state index in [1.807, 2.05) is 55.5 Å². The van der Waals surface area contributed by atoms with E-state index in [0.29, 0.717) is 12.3 Å². The van der Waals surface area contributed by atoms with Crippen molar-refractivity contribution in [1.82, 2.24) is 0 Å². The highest BCUT2D eigenvalue weighted by Gasteiger charge is 2.04. The molecule has 0 fully saturated rings. The van der Waals surface area contributed by atoms with Gasteiger partial charge in [-0.15, -0.1) is 0 Å². The van der Waals surface area contributed by atoms with Gasteiger partial charge in [-0.05, 0) is 37.3 Å². The number of rotatable bonds is 3. The van der Waals surface area contributed by atoms with Crippen molar-refractivity contribution < 1.29 is 9.15 Å². The Hall–Kier alpha value is -2.42. The number of furan rings is 1. The smallest absolute Gasteiger partial charge is 0.146 e. The first-order valence-corrected chi connectivity index (χ1v) is 6.18. The van der Waals surface area contributed by atoms with Crippen LogP contribution in [0.3, 0.4) is 0 Å². The lowest BCUT2D eigenvalue weighted by Gasteiger charge is -2.03. The summed E-state index contributed by atoms with van der Waals surface area (Å²) >= 11 is 0. The highest BCUT2D eigenvalue weighted by Crippen LogP contribution is 2.23. The molecule has 0 spiro atoms. The number of nitrogen functional groups attached to an aromatic ring is 1. The molecule has 1 aromatic heterocycles. The number of ether oxygens (including phenoxy) is 1. The number of nitrogens with two attached hydrogens (primary N) is 1. The topological polar surface area (TPSA) is 48.4 Å². The van der Waals surface area contributed by atoms with Crippen LogP contribution in [0, 0.1) is 6.92 Å². The first kappa shape index (κ1) is 11.7. The van der Waals surface area contributed by atoms with Crippen molar-refractivity contribution in [2.24, 2.45) is 0 Å². The predicted molar refractivity (Wildman–Crippen MR) is 76.1 cm³/mol. The van der Waals surface area contributed by atoms with Crippen molar-refractivity contribution in [3.05, 3.63) is 59.9 Å². The van der Waals surface area contributed by atoms with Crippen LogP contribution in [0.4, 0.5) is 5.69 Å². The Kier molecular flexibility index (Phi) is 2.88.